The molecule has 1 N–H and O–H groups in total. The van der Waals surface area contributed by atoms with E-state index in [0.29, 0.717) is 11.6 Å². The van der Waals surface area contributed by atoms with E-state index in [1.807, 2.05) is 0 Å². The lowest BCUT2D eigenvalue weighted by molar-refractivity contribution is -0.0679. The van der Waals surface area contributed by atoms with Gasteiger partial charge in [0.25, 0.3) is 0 Å². The molecule has 2 rings (SSSR count). The van der Waals surface area contributed by atoms with Crippen molar-refractivity contribution in [3.8, 4) is 0 Å². The summed E-state index contributed by atoms with van der Waals surface area (Å²) >= 11 is 5.77. The molecule has 2 atom stereocenters. The fourth-order valence-corrected chi connectivity index (χ4v) is 3.87. The summed E-state index contributed by atoms with van der Waals surface area (Å²) in [6.07, 6.45) is 1.23. The highest BCUT2D eigenvalue weighted by Gasteiger charge is 2.21. The van der Waals surface area contributed by atoms with Crippen molar-refractivity contribution >= 4 is 21.6 Å². The minimum absolute atomic E-state index is 0.231. The maximum atomic E-state index is 12.1. The zero-order valence-corrected chi connectivity index (χ0v) is 14.5. The number of halogens is 1. The van der Waals surface area contributed by atoms with Gasteiger partial charge in [-0.1, -0.05) is 11.6 Å². The normalized spacial score (nSPS) is 23.6. The second-order valence-corrected chi connectivity index (χ2v) is 7.93. The van der Waals surface area contributed by atoms with E-state index < -0.39 is 10.0 Å². The Morgan fingerprint density at radius 2 is 1.82 bits per heavy atom. The zero-order valence-electron chi connectivity index (χ0n) is 13.0. The molecule has 124 valence electrons. The van der Waals surface area contributed by atoms with E-state index in [1.54, 1.807) is 12.1 Å². The first-order valence-electron chi connectivity index (χ1n) is 7.50. The highest BCUT2D eigenvalue weighted by Crippen LogP contribution is 2.14. The Labute approximate surface area is 137 Å². The SMILES string of the molecule is CC1CN(CCCNS(=O)(=O)c2ccc(Cl)cc2)CC(C)O1. The number of rotatable bonds is 6. The Bertz CT molecular complexity index is 567. The molecule has 22 heavy (non-hydrogen) atoms. The van der Waals surface area contributed by atoms with E-state index in [4.69, 9.17) is 16.3 Å². The molecule has 1 aliphatic rings. The molecule has 1 heterocycles. The Hall–Kier alpha value is -0.660. The predicted octanol–water partition coefficient (Wildman–Crippen LogP) is 2.12. The van der Waals surface area contributed by atoms with Gasteiger partial charge in [-0.25, -0.2) is 13.1 Å². The summed E-state index contributed by atoms with van der Waals surface area (Å²) in [7, 11) is -3.45. The monoisotopic (exact) mass is 346 g/mol. The van der Waals surface area contributed by atoms with E-state index >= 15 is 0 Å². The van der Waals surface area contributed by atoms with Gasteiger partial charge in [0.15, 0.2) is 0 Å². The average Bonchev–Trinajstić information content (AvgIpc) is 2.43. The molecule has 0 spiro atoms. The van der Waals surface area contributed by atoms with Crippen LogP contribution in [0.1, 0.15) is 20.3 Å². The average molecular weight is 347 g/mol. The van der Waals surface area contributed by atoms with E-state index in [-0.39, 0.29) is 17.1 Å². The van der Waals surface area contributed by atoms with Crippen LogP contribution in [0.2, 0.25) is 5.02 Å². The highest BCUT2D eigenvalue weighted by molar-refractivity contribution is 7.89. The Morgan fingerprint density at radius 3 is 2.41 bits per heavy atom. The van der Waals surface area contributed by atoms with Crippen LogP contribution in [0.15, 0.2) is 29.2 Å². The fraction of sp³-hybridized carbons (Fsp3) is 0.600. The second-order valence-electron chi connectivity index (χ2n) is 5.72. The molecular weight excluding hydrogens is 324 g/mol. The molecule has 1 aliphatic heterocycles. The molecule has 0 amide bonds. The van der Waals surface area contributed by atoms with Gasteiger partial charge in [-0.05, 0) is 51.1 Å². The molecule has 5 nitrogen and oxygen atoms in total. The number of nitrogens with zero attached hydrogens (tertiary/aromatic N) is 1. The molecule has 1 saturated heterocycles. The minimum atomic E-state index is -3.45. The van der Waals surface area contributed by atoms with Crippen molar-refractivity contribution in [2.75, 3.05) is 26.2 Å². The third-order valence-corrected chi connectivity index (χ3v) is 5.29. The van der Waals surface area contributed by atoms with Crippen LogP contribution < -0.4 is 4.72 Å². The Morgan fingerprint density at radius 1 is 1.23 bits per heavy atom. The van der Waals surface area contributed by atoms with E-state index in [2.05, 4.69) is 23.5 Å². The third-order valence-electron chi connectivity index (χ3n) is 3.56. The smallest absolute Gasteiger partial charge is 0.240 e. The molecule has 0 radical (unpaired) electrons. The van der Waals surface area contributed by atoms with Crippen molar-refractivity contribution in [3.63, 3.8) is 0 Å². The van der Waals surface area contributed by atoms with Gasteiger partial charge < -0.3 is 4.74 Å². The van der Waals surface area contributed by atoms with E-state index in [0.717, 1.165) is 26.1 Å². The topological polar surface area (TPSA) is 58.6 Å². The summed E-state index contributed by atoms with van der Waals surface area (Å²) in [5, 5.41) is 0.523. The molecule has 1 aromatic rings. The molecule has 0 bridgehead atoms. The van der Waals surface area contributed by atoms with Crippen molar-refractivity contribution < 1.29 is 13.2 Å². The summed E-state index contributed by atoms with van der Waals surface area (Å²) in [6.45, 7) is 7.20. The van der Waals surface area contributed by atoms with Gasteiger partial charge >= 0.3 is 0 Å². The van der Waals surface area contributed by atoms with Crippen molar-refractivity contribution in [1.82, 2.24) is 9.62 Å². The van der Waals surface area contributed by atoms with Gasteiger partial charge in [0.2, 0.25) is 10.0 Å². The number of hydrogen-bond donors (Lipinski definition) is 1. The van der Waals surface area contributed by atoms with Crippen LogP contribution in [-0.4, -0.2) is 51.7 Å². The van der Waals surface area contributed by atoms with Crippen LogP contribution in [0.25, 0.3) is 0 Å². The maximum Gasteiger partial charge on any atom is 0.240 e. The van der Waals surface area contributed by atoms with Crippen LogP contribution in [0, 0.1) is 0 Å². The molecule has 0 aromatic heterocycles. The lowest BCUT2D eigenvalue weighted by atomic mass is 10.2. The molecule has 1 fully saturated rings. The van der Waals surface area contributed by atoms with Crippen LogP contribution in [0.3, 0.4) is 0 Å². The van der Waals surface area contributed by atoms with Gasteiger partial charge in [0.05, 0.1) is 17.1 Å². The molecule has 0 aliphatic carbocycles. The Balaban J connectivity index is 1.77. The number of benzene rings is 1. The first-order chi connectivity index (χ1) is 10.4. The van der Waals surface area contributed by atoms with Crippen molar-refractivity contribution in [2.24, 2.45) is 0 Å². The molecule has 7 heteroatoms. The summed E-state index contributed by atoms with van der Waals surface area (Å²) < 4.78 is 32.5. The first-order valence-corrected chi connectivity index (χ1v) is 9.36. The number of hydrogen-bond acceptors (Lipinski definition) is 4. The third kappa shape index (κ3) is 5.21. The van der Waals surface area contributed by atoms with Crippen LogP contribution in [0.5, 0.6) is 0 Å². The van der Waals surface area contributed by atoms with E-state index in [1.165, 1.54) is 12.1 Å². The molecule has 1 aromatic carbocycles. The second kappa shape index (κ2) is 7.75. The van der Waals surface area contributed by atoms with Crippen molar-refractivity contribution in [2.45, 2.75) is 37.4 Å². The summed E-state index contributed by atoms with van der Waals surface area (Å²) in [4.78, 5) is 2.56. The number of morpholine rings is 1. The molecule has 0 saturated carbocycles. The lowest BCUT2D eigenvalue weighted by Gasteiger charge is -2.35. The number of nitrogens with one attached hydrogen (secondary N) is 1. The summed E-state index contributed by atoms with van der Waals surface area (Å²) in [6, 6.07) is 6.17. The largest absolute Gasteiger partial charge is 0.373 e. The molecular formula is C15H23ClN2O3S. The van der Waals surface area contributed by atoms with Gasteiger partial charge in [-0.2, -0.15) is 0 Å². The van der Waals surface area contributed by atoms with Gasteiger partial charge in [0, 0.05) is 24.7 Å². The highest BCUT2D eigenvalue weighted by atomic mass is 35.5. The first kappa shape index (κ1) is 17.7. The molecule has 2 unspecified atom stereocenters. The standard InChI is InChI=1S/C15H23ClN2O3S/c1-12-10-18(11-13(2)21-12)9-3-8-17-22(19,20)15-6-4-14(16)5-7-15/h4-7,12-13,17H,3,8-11H2,1-2H3. The minimum Gasteiger partial charge on any atom is -0.373 e. The van der Waals surface area contributed by atoms with Gasteiger partial charge in [-0.15, -0.1) is 0 Å². The Kier molecular flexibility index (Phi) is 6.23. The zero-order chi connectivity index (χ0) is 16.2. The predicted molar refractivity (Wildman–Crippen MR) is 87.7 cm³/mol. The maximum absolute atomic E-state index is 12.1. The number of ether oxygens (including phenoxy) is 1. The van der Waals surface area contributed by atoms with Crippen LogP contribution >= 0.6 is 11.6 Å². The van der Waals surface area contributed by atoms with Crippen molar-refractivity contribution in [3.05, 3.63) is 29.3 Å². The van der Waals surface area contributed by atoms with Crippen LogP contribution in [-0.2, 0) is 14.8 Å². The van der Waals surface area contributed by atoms with Crippen LogP contribution in [0.4, 0.5) is 0 Å². The van der Waals surface area contributed by atoms with E-state index in [9.17, 15) is 8.42 Å². The van der Waals surface area contributed by atoms with Gasteiger partial charge in [0.1, 0.15) is 0 Å². The van der Waals surface area contributed by atoms with Gasteiger partial charge in [-0.3, -0.25) is 4.90 Å². The summed E-state index contributed by atoms with van der Waals surface area (Å²) in [5.41, 5.74) is 0. The quantitative estimate of drug-likeness (QED) is 0.801. The summed E-state index contributed by atoms with van der Waals surface area (Å²) in [5.74, 6) is 0. The lowest BCUT2D eigenvalue weighted by Crippen LogP contribution is -2.46. The number of sulfonamides is 1. The fourth-order valence-electron chi connectivity index (χ4n) is 2.67. The van der Waals surface area contributed by atoms with Crippen molar-refractivity contribution in [1.29, 1.82) is 0 Å².